The van der Waals surface area contributed by atoms with E-state index in [2.05, 4.69) is 4.99 Å². The van der Waals surface area contributed by atoms with E-state index < -0.39 is 12.3 Å². The van der Waals surface area contributed by atoms with Gasteiger partial charge in [-0.25, -0.2) is 0 Å². The van der Waals surface area contributed by atoms with Crippen LogP contribution in [0.5, 0.6) is 5.75 Å². The Hall–Kier alpha value is -2.80. The molecule has 1 atom stereocenters. The second kappa shape index (κ2) is 8.75. The molecule has 2 aromatic carbocycles. The molecule has 0 fully saturated rings. The highest BCUT2D eigenvalue weighted by molar-refractivity contribution is 7.16. The molecule has 1 aromatic heterocycles. The molecule has 31 heavy (non-hydrogen) atoms. The van der Waals surface area contributed by atoms with Gasteiger partial charge in [-0.05, 0) is 54.7 Å². The first kappa shape index (κ1) is 20.1. The molecule has 0 radical (unpaired) electrons. The summed E-state index contributed by atoms with van der Waals surface area (Å²) in [6.45, 7) is 2.05. The smallest absolute Gasteiger partial charge is 0.429 e. The third kappa shape index (κ3) is 4.77. The standard InChI is InChI=1S/C24H23F3N2OS/c1-16-14-20-15-28-23(24(25,26)27)29(22(20)31-16)13-3-4-17-5-7-18(8-6-17)19-9-11-21(30-2)12-10-19/h5-12,14-15,23H,3-4,13H2,1-2H3/i15D. The zero-order valence-corrected chi connectivity index (χ0v) is 18.1. The minimum Gasteiger partial charge on any atom is -0.497 e. The zero-order chi connectivity index (χ0) is 22.9. The summed E-state index contributed by atoms with van der Waals surface area (Å²) < 4.78 is 54.0. The van der Waals surface area contributed by atoms with E-state index in [1.54, 1.807) is 13.2 Å². The van der Waals surface area contributed by atoms with Crippen LogP contribution in [0, 0.1) is 6.92 Å². The van der Waals surface area contributed by atoms with Crippen LogP contribution in [-0.2, 0) is 6.42 Å². The van der Waals surface area contributed by atoms with Gasteiger partial charge in [0.05, 0.1) is 8.48 Å². The van der Waals surface area contributed by atoms with Gasteiger partial charge in [0.1, 0.15) is 10.8 Å². The Morgan fingerprint density at radius 2 is 1.74 bits per heavy atom. The Bertz CT molecular complexity index is 1110. The first-order valence-corrected chi connectivity index (χ1v) is 10.8. The molecular formula is C24H23F3N2OS. The Labute approximate surface area is 185 Å². The van der Waals surface area contributed by atoms with E-state index in [9.17, 15) is 13.2 Å². The lowest BCUT2D eigenvalue weighted by Crippen LogP contribution is -2.46. The van der Waals surface area contributed by atoms with Crippen LogP contribution in [0.15, 0.2) is 59.6 Å². The fourth-order valence-electron chi connectivity index (χ4n) is 3.68. The van der Waals surface area contributed by atoms with Gasteiger partial charge in [-0.2, -0.15) is 13.2 Å². The maximum Gasteiger partial charge on any atom is 0.429 e. The molecule has 4 rings (SSSR count). The van der Waals surface area contributed by atoms with E-state index >= 15 is 0 Å². The quantitative estimate of drug-likeness (QED) is 0.433. The summed E-state index contributed by atoms with van der Waals surface area (Å²) in [5, 5.41) is 0.486. The third-order valence-corrected chi connectivity index (χ3v) is 6.32. The number of anilines is 1. The van der Waals surface area contributed by atoms with Gasteiger partial charge < -0.3 is 9.64 Å². The molecule has 3 aromatic rings. The van der Waals surface area contributed by atoms with Crippen molar-refractivity contribution in [3.8, 4) is 16.9 Å². The van der Waals surface area contributed by atoms with Crippen molar-refractivity contribution in [1.82, 2.24) is 0 Å². The van der Waals surface area contributed by atoms with E-state index in [0.717, 1.165) is 27.3 Å². The van der Waals surface area contributed by atoms with Crippen molar-refractivity contribution in [1.29, 1.82) is 0 Å². The van der Waals surface area contributed by atoms with E-state index in [4.69, 9.17) is 6.11 Å². The van der Waals surface area contributed by atoms with E-state index in [1.165, 1.54) is 16.2 Å². The van der Waals surface area contributed by atoms with Crippen LogP contribution in [0.1, 0.15) is 23.8 Å². The van der Waals surface area contributed by atoms with Crippen molar-refractivity contribution in [2.45, 2.75) is 32.1 Å². The van der Waals surface area contributed by atoms with Crippen LogP contribution >= 0.6 is 11.3 Å². The number of methoxy groups -OCH3 is 1. The maximum absolute atomic E-state index is 13.6. The van der Waals surface area contributed by atoms with Gasteiger partial charge in [0.25, 0.3) is 0 Å². The molecule has 1 aliphatic heterocycles. The second-order valence-electron chi connectivity index (χ2n) is 7.45. The van der Waals surface area contributed by atoms with Crippen LogP contribution in [0.25, 0.3) is 11.1 Å². The first-order chi connectivity index (χ1) is 15.3. The highest BCUT2D eigenvalue weighted by Gasteiger charge is 2.45. The van der Waals surface area contributed by atoms with Crippen LogP contribution in [0.2, 0.25) is 0 Å². The van der Waals surface area contributed by atoms with Gasteiger partial charge in [-0.3, -0.25) is 4.99 Å². The molecular weight excluding hydrogens is 421 g/mol. The average molecular weight is 446 g/mol. The lowest BCUT2D eigenvalue weighted by molar-refractivity contribution is -0.146. The number of benzene rings is 2. The number of fused-ring (bicyclic) bond motifs is 1. The number of rotatable bonds is 6. The highest BCUT2D eigenvalue weighted by Crippen LogP contribution is 2.39. The van der Waals surface area contributed by atoms with Crippen LogP contribution in [-0.4, -0.2) is 32.2 Å². The summed E-state index contributed by atoms with van der Waals surface area (Å²) in [6, 6.07) is 17.6. The number of aliphatic imine (C=N–C) groups is 1. The number of alkyl halides is 3. The second-order valence-corrected chi connectivity index (χ2v) is 8.69. The monoisotopic (exact) mass is 445 g/mol. The number of aryl methyl sites for hydroxylation is 2. The predicted molar refractivity (Wildman–Crippen MR) is 121 cm³/mol. The fraction of sp³-hybridized carbons (Fsp3) is 0.292. The molecule has 0 bridgehead atoms. The molecule has 1 aliphatic rings. The van der Waals surface area contributed by atoms with Gasteiger partial charge in [-0.1, -0.05) is 36.4 Å². The lowest BCUT2D eigenvalue weighted by atomic mass is 10.0. The van der Waals surface area contributed by atoms with Crippen LogP contribution < -0.4 is 9.64 Å². The number of hydrogen-bond acceptors (Lipinski definition) is 4. The Balaban J connectivity index is 1.44. The van der Waals surface area contributed by atoms with Crippen molar-refractivity contribution in [2.24, 2.45) is 4.99 Å². The summed E-state index contributed by atoms with van der Waals surface area (Å²) in [4.78, 5) is 5.83. The predicted octanol–water partition coefficient (Wildman–Crippen LogP) is 6.49. The van der Waals surface area contributed by atoms with Gasteiger partial charge in [0, 0.05) is 23.2 Å². The third-order valence-electron chi connectivity index (χ3n) is 5.23. The number of ether oxygens (including phenoxy) is 1. The number of thiophene rings is 1. The normalized spacial score (nSPS) is 16.5. The van der Waals surface area contributed by atoms with Gasteiger partial charge >= 0.3 is 6.18 Å². The van der Waals surface area contributed by atoms with E-state index in [0.29, 0.717) is 23.4 Å². The molecule has 7 heteroatoms. The fourth-order valence-corrected chi connectivity index (χ4v) is 4.69. The Morgan fingerprint density at radius 1 is 1.10 bits per heavy atom. The van der Waals surface area contributed by atoms with Gasteiger partial charge in [0.15, 0.2) is 0 Å². The maximum atomic E-state index is 13.6. The molecule has 1 unspecified atom stereocenters. The molecule has 0 saturated heterocycles. The molecule has 0 aliphatic carbocycles. The van der Waals surface area contributed by atoms with E-state index in [1.807, 2.05) is 55.5 Å². The molecule has 0 saturated carbocycles. The minimum atomic E-state index is -4.53. The largest absolute Gasteiger partial charge is 0.497 e. The Kier molecular flexibility index (Phi) is 5.68. The topological polar surface area (TPSA) is 24.8 Å². The van der Waals surface area contributed by atoms with Crippen molar-refractivity contribution in [3.05, 3.63) is 70.6 Å². The van der Waals surface area contributed by atoms with Crippen LogP contribution in [0.3, 0.4) is 0 Å². The number of hydrogen-bond donors (Lipinski definition) is 0. The molecule has 0 N–H and O–H groups in total. The van der Waals surface area contributed by atoms with Crippen molar-refractivity contribution < 1.29 is 19.3 Å². The van der Waals surface area contributed by atoms with Crippen molar-refractivity contribution >= 4 is 22.5 Å². The van der Waals surface area contributed by atoms with Crippen LogP contribution in [0.4, 0.5) is 18.2 Å². The molecule has 162 valence electrons. The summed E-state index contributed by atoms with van der Waals surface area (Å²) >= 11 is 1.29. The van der Waals surface area contributed by atoms with Crippen molar-refractivity contribution in [2.75, 3.05) is 18.6 Å². The van der Waals surface area contributed by atoms with Gasteiger partial charge in [0.2, 0.25) is 6.17 Å². The number of halogens is 3. The Morgan fingerprint density at radius 3 is 2.35 bits per heavy atom. The summed E-state index contributed by atoms with van der Waals surface area (Å²) in [7, 11) is 1.63. The average Bonchev–Trinajstić information content (AvgIpc) is 3.17. The summed E-state index contributed by atoms with van der Waals surface area (Å²) in [5.41, 5.74) is 3.69. The SMILES string of the molecule is [2H]C1=NC(C(F)(F)F)N(CCCc2ccc(-c3ccc(OC)cc3)cc2)c2sc(C)cc21. The lowest BCUT2D eigenvalue weighted by Gasteiger charge is -2.34. The summed E-state index contributed by atoms with van der Waals surface area (Å²) in [6.07, 6.45) is -5.62. The van der Waals surface area contributed by atoms with Crippen molar-refractivity contribution in [3.63, 3.8) is 0 Å². The first-order valence-electron chi connectivity index (χ1n) is 10.5. The zero-order valence-electron chi connectivity index (χ0n) is 18.2. The molecule has 3 nitrogen and oxygen atoms in total. The number of nitrogens with zero attached hydrogens (tertiary/aromatic N) is 2. The summed E-state index contributed by atoms with van der Waals surface area (Å²) in [5.74, 6) is 0.797. The molecule has 0 amide bonds. The molecule has 0 spiro atoms. The molecule has 2 heterocycles. The minimum absolute atomic E-state index is 0.216. The van der Waals surface area contributed by atoms with E-state index in [-0.39, 0.29) is 12.7 Å². The van der Waals surface area contributed by atoms with Gasteiger partial charge in [-0.15, -0.1) is 11.3 Å². The highest BCUT2D eigenvalue weighted by atomic mass is 32.1.